The van der Waals surface area contributed by atoms with Gasteiger partial charge in [0.2, 0.25) is 0 Å². The van der Waals surface area contributed by atoms with E-state index >= 15 is 0 Å². The van der Waals surface area contributed by atoms with Gasteiger partial charge in [0.15, 0.2) is 0 Å². The SMILES string of the molecule is Clc1ccc(OCCCN2CCCC2)cc1. The molecule has 0 bridgehead atoms. The minimum atomic E-state index is 0.754. The van der Waals surface area contributed by atoms with Gasteiger partial charge in [-0.05, 0) is 56.6 Å². The number of likely N-dealkylation sites (tertiary alicyclic amines) is 1. The molecule has 1 aromatic rings. The molecule has 0 amide bonds. The summed E-state index contributed by atoms with van der Waals surface area (Å²) in [7, 11) is 0. The van der Waals surface area contributed by atoms with Crippen LogP contribution in [0.15, 0.2) is 24.3 Å². The van der Waals surface area contributed by atoms with E-state index in [1.54, 1.807) is 0 Å². The Kier molecular flexibility index (Phi) is 4.49. The van der Waals surface area contributed by atoms with Gasteiger partial charge < -0.3 is 9.64 Å². The molecule has 0 aromatic heterocycles. The van der Waals surface area contributed by atoms with Crippen LogP contribution in [0.1, 0.15) is 19.3 Å². The molecule has 0 unspecified atom stereocenters. The summed E-state index contributed by atoms with van der Waals surface area (Å²) in [6, 6.07) is 7.55. The van der Waals surface area contributed by atoms with Crippen molar-refractivity contribution in [3.63, 3.8) is 0 Å². The second kappa shape index (κ2) is 6.12. The van der Waals surface area contributed by atoms with Crippen molar-refractivity contribution in [3.05, 3.63) is 29.3 Å². The van der Waals surface area contributed by atoms with Gasteiger partial charge in [0.05, 0.1) is 6.61 Å². The Labute approximate surface area is 102 Å². The van der Waals surface area contributed by atoms with Crippen molar-refractivity contribution in [2.45, 2.75) is 19.3 Å². The van der Waals surface area contributed by atoms with E-state index in [-0.39, 0.29) is 0 Å². The standard InChI is InChI=1S/C13H18ClNO/c14-12-4-6-13(7-5-12)16-11-3-10-15-8-1-2-9-15/h4-7H,1-3,8-11H2. The summed E-state index contributed by atoms with van der Waals surface area (Å²) in [4.78, 5) is 2.51. The van der Waals surface area contributed by atoms with Crippen LogP contribution in [-0.4, -0.2) is 31.1 Å². The van der Waals surface area contributed by atoms with E-state index in [9.17, 15) is 0 Å². The second-order valence-electron chi connectivity index (χ2n) is 4.20. The van der Waals surface area contributed by atoms with Gasteiger partial charge in [0.25, 0.3) is 0 Å². The maximum absolute atomic E-state index is 5.80. The van der Waals surface area contributed by atoms with Gasteiger partial charge in [0, 0.05) is 11.6 Å². The minimum Gasteiger partial charge on any atom is -0.494 e. The quantitative estimate of drug-likeness (QED) is 0.732. The third-order valence-corrected chi connectivity index (χ3v) is 3.15. The number of hydrogen-bond donors (Lipinski definition) is 0. The lowest BCUT2D eigenvalue weighted by atomic mass is 10.3. The molecule has 16 heavy (non-hydrogen) atoms. The summed E-state index contributed by atoms with van der Waals surface area (Å²) in [5.41, 5.74) is 0. The summed E-state index contributed by atoms with van der Waals surface area (Å²) < 4.78 is 5.64. The molecule has 1 heterocycles. The van der Waals surface area contributed by atoms with Crippen molar-refractivity contribution in [1.29, 1.82) is 0 Å². The monoisotopic (exact) mass is 239 g/mol. The average molecular weight is 240 g/mol. The van der Waals surface area contributed by atoms with Crippen LogP contribution in [0.4, 0.5) is 0 Å². The van der Waals surface area contributed by atoms with E-state index in [2.05, 4.69) is 4.90 Å². The molecule has 0 aliphatic carbocycles. The zero-order valence-corrected chi connectivity index (χ0v) is 10.2. The normalized spacial score (nSPS) is 16.6. The molecule has 0 atom stereocenters. The zero-order chi connectivity index (χ0) is 11.2. The Hall–Kier alpha value is -0.730. The van der Waals surface area contributed by atoms with Crippen molar-refractivity contribution in [1.82, 2.24) is 4.90 Å². The van der Waals surface area contributed by atoms with E-state index in [4.69, 9.17) is 16.3 Å². The molecule has 88 valence electrons. The first-order valence-corrected chi connectivity index (χ1v) is 6.33. The predicted molar refractivity (Wildman–Crippen MR) is 67.2 cm³/mol. The fourth-order valence-corrected chi connectivity index (χ4v) is 2.14. The van der Waals surface area contributed by atoms with Gasteiger partial charge in [-0.15, -0.1) is 0 Å². The maximum Gasteiger partial charge on any atom is 0.119 e. The van der Waals surface area contributed by atoms with E-state index in [1.165, 1.54) is 25.9 Å². The third kappa shape index (κ3) is 3.69. The van der Waals surface area contributed by atoms with Crippen LogP contribution in [0.2, 0.25) is 5.02 Å². The average Bonchev–Trinajstić information content (AvgIpc) is 2.80. The van der Waals surface area contributed by atoms with E-state index in [0.717, 1.165) is 30.3 Å². The summed E-state index contributed by atoms with van der Waals surface area (Å²) in [5, 5.41) is 0.754. The fraction of sp³-hybridized carbons (Fsp3) is 0.538. The highest BCUT2D eigenvalue weighted by molar-refractivity contribution is 6.30. The molecular weight excluding hydrogens is 222 g/mol. The van der Waals surface area contributed by atoms with Crippen LogP contribution in [0, 0.1) is 0 Å². The summed E-state index contributed by atoms with van der Waals surface area (Å²) >= 11 is 5.80. The smallest absolute Gasteiger partial charge is 0.119 e. The first-order valence-electron chi connectivity index (χ1n) is 5.95. The minimum absolute atomic E-state index is 0.754. The Morgan fingerprint density at radius 3 is 2.50 bits per heavy atom. The van der Waals surface area contributed by atoms with Crippen molar-refractivity contribution in [2.75, 3.05) is 26.2 Å². The lowest BCUT2D eigenvalue weighted by molar-refractivity contribution is 0.263. The number of benzene rings is 1. The largest absolute Gasteiger partial charge is 0.494 e. The first-order chi connectivity index (χ1) is 7.84. The van der Waals surface area contributed by atoms with Crippen molar-refractivity contribution in [2.24, 2.45) is 0 Å². The van der Waals surface area contributed by atoms with E-state index in [0.29, 0.717) is 0 Å². The van der Waals surface area contributed by atoms with Crippen LogP contribution in [-0.2, 0) is 0 Å². The molecule has 0 N–H and O–H groups in total. The van der Waals surface area contributed by atoms with Gasteiger partial charge >= 0.3 is 0 Å². The maximum atomic E-state index is 5.80. The Morgan fingerprint density at radius 2 is 1.81 bits per heavy atom. The molecule has 2 nitrogen and oxygen atoms in total. The van der Waals surface area contributed by atoms with Gasteiger partial charge in [0.1, 0.15) is 5.75 Å². The van der Waals surface area contributed by atoms with Crippen LogP contribution in [0.5, 0.6) is 5.75 Å². The summed E-state index contributed by atoms with van der Waals surface area (Å²) in [5.74, 6) is 0.908. The molecule has 1 aromatic carbocycles. The highest BCUT2D eigenvalue weighted by Gasteiger charge is 2.10. The highest BCUT2D eigenvalue weighted by atomic mass is 35.5. The molecule has 0 radical (unpaired) electrons. The first kappa shape index (κ1) is 11.7. The molecule has 1 aliphatic heterocycles. The molecule has 2 rings (SSSR count). The molecular formula is C13H18ClNO. The summed E-state index contributed by atoms with van der Waals surface area (Å²) in [6.45, 7) is 4.48. The van der Waals surface area contributed by atoms with E-state index < -0.39 is 0 Å². The number of hydrogen-bond acceptors (Lipinski definition) is 2. The van der Waals surface area contributed by atoms with Gasteiger partial charge in [-0.2, -0.15) is 0 Å². The third-order valence-electron chi connectivity index (χ3n) is 2.90. The van der Waals surface area contributed by atoms with Gasteiger partial charge in [-0.1, -0.05) is 11.6 Å². The van der Waals surface area contributed by atoms with Crippen LogP contribution < -0.4 is 4.74 Å². The van der Waals surface area contributed by atoms with Gasteiger partial charge in [-0.25, -0.2) is 0 Å². The van der Waals surface area contributed by atoms with Crippen molar-refractivity contribution >= 4 is 11.6 Å². The lowest BCUT2D eigenvalue weighted by Gasteiger charge is -2.14. The van der Waals surface area contributed by atoms with Crippen LogP contribution in [0.3, 0.4) is 0 Å². The molecule has 3 heteroatoms. The second-order valence-corrected chi connectivity index (χ2v) is 4.64. The summed E-state index contributed by atoms with van der Waals surface area (Å²) in [6.07, 6.45) is 3.82. The number of nitrogens with zero attached hydrogens (tertiary/aromatic N) is 1. The Balaban J connectivity index is 1.62. The van der Waals surface area contributed by atoms with E-state index in [1.807, 2.05) is 24.3 Å². The lowest BCUT2D eigenvalue weighted by Crippen LogP contribution is -2.21. The zero-order valence-electron chi connectivity index (χ0n) is 9.49. The number of rotatable bonds is 5. The van der Waals surface area contributed by atoms with Crippen molar-refractivity contribution in [3.8, 4) is 5.75 Å². The highest BCUT2D eigenvalue weighted by Crippen LogP contribution is 2.15. The number of halogens is 1. The van der Waals surface area contributed by atoms with Crippen molar-refractivity contribution < 1.29 is 4.74 Å². The topological polar surface area (TPSA) is 12.5 Å². The molecule has 1 aliphatic rings. The fourth-order valence-electron chi connectivity index (χ4n) is 2.02. The molecule has 1 fully saturated rings. The molecule has 0 spiro atoms. The van der Waals surface area contributed by atoms with Crippen LogP contribution >= 0.6 is 11.6 Å². The Bertz CT molecular complexity index is 306. The number of ether oxygens (including phenoxy) is 1. The Morgan fingerprint density at radius 1 is 1.12 bits per heavy atom. The van der Waals surface area contributed by atoms with Crippen LogP contribution in [0.25, 0.3) is 0 Å². The van der Waals surface area contributed by atoms with Gasteiger partial charge in [-0.3, -0.25) is 0 Å². The molecule has 1 saturated heterocycles. The molecule has 0 saturated carbocycles. The predicted octanol–water partition coefficient (Wildman–Crippen LogP) is 3.20.